The Balaban J connectivity index is 3.16. The van der Waals surface area contributed by atoms with Gasteiger partial charge in [0.15, 0.2) is 5.78 Å². The van der Waals surface area contributed by atoms with Gasteiger partial charge in [-0.2, -0.15) is 0 Å². The number of hydrogen-bond donors (Lipinski definition) is 0. The van der Waals surface area contributed by atoms with E-state index in [0.717, 1.165) is 16.0 Å². The van der Waals surface area contributed by atoms with Crippen LogP contribution in [0.3, 0.4) is 0 Å². The van der Waals surface area contributed by atoms with Crippen molar-refractivity contribution in [3.63, 3.8) is 0 Å². The minimum absolute atomic E-state index is 0.0429. The largest absolute Gasteiger partial charge is 0.298 e. The van der Waals surface area contributed by atoms with Crippen molar-refractivity contribution in [3.05, 3.63) is 29.3 Å². The molecule has 1 atom stereocenters. The fourth-order valence-electron chi connectivity index (χ4n) is 1.28. The van der Waals surface area contributed by atoms with Crippen LogP contribution in [0.2, 0.25) is 0 Å². The zero-order chi connectivity index (χ0) is 11.4. The number of carbonyl (C=O) groups excluding carboxylic acids is 1. The number of alkyl halides is 2. The molecule has 1 nitrogen and oxygen atoms in total. The summed E-state index contributed by atoms with van der Waals surface area (Å²) in [5.41, 5.74) is 1.84. The van der Waals surface area contributed by atoms with E-state index in [1.54, 1.807) is 11.8 Å². The molecule has 0 bridgehead atoms. The Hall–Kier alpha value is -0.180. The van der Waals surface area contributed by atoms with E-state index in [9.17, 15) is 4.79 Å². The summed E-state index contributed by atoms with van der Waals surface area (Å²) < 4.78 is 0. The molecule has 1 rings (SSSR count). The van der Waals surface area contributed by atoms with Crippen LogP contribution in [-0.4, -0.2) is 12.0 Å². The number of rotatable bonds is 4. The third kappa shape index (κ3) is 3.13. The maximum absolute atomic E-state index is 11.2. The average molecular weight is 263 g/mol. The van der Waals surface area contributed by atoms with Gasteiger partial charge in [0.1, 0.15) is 5.38 Å². The molecule has 0 aromatic heterocycles. The lowest BCUT2D eigenvalue weighted by molar-refractivity contribution is -0.116. The monoisotopic (exact) mass is 262 g/mol. The third-order valence-electron chi connectivity index (χ3n) is 2.08. The van der Waals surface area contributed by atoms with E-state index in [1.165, 1.54) is 6.92 Å². The lowest BCUT2D eigenvalue weighted by Crippen LogP contribution is -2.03. The number of thioether (sulfide) groups is 1. The first kappa shape index (κ1) is 12.9. The Labute approximate surface area is 104 Å². The molecule has 0 aliphatic heterocycles. The first-order chi connectivity index (χ1) is 7.10. The van der Waals surface area contributed by atoms with Gasteiger partial charge in [-0.1, -0.05) is 12.1 Å². The van der Waals surface area contributed by atoms with E-state index in [1.807, 2.05) is 24.5 Å². The molecule has 0 spiro atoms. The molecule has 1 unspecified atom stereocenters. The Morgan fingerprint density at radius 1 is 1.53 bits per heavy atom. The van der Waals surface area contributed by atoms with Gasteiger partial charge in [0.25, 0.3) is 0 Å². The van der Waals surface area contributed by atoms with Crippen molar-refractivity contribution in [2.75, 3.05) is 6.26 Å². The van der Waals surface area contributed by atoms with Crippen LogP contribution in [0, 0.1) is 0 Å². The van der Waals surface area contributed by atoms with Crippen LogP contribution >= 0.6 is 35.0 Å². The Bertz CT molecular complexity index is 366. The van der Waals surface area contributed by atoms with Crippen LogP contribution in [0.25, 0.3) is 0 Å². The predicted octanol–water partition coefficient (Wildman–Crippen LogP) is 4.02. The van der Waals surface area contributed by atoms with Gasteiger partial charge in [-0.05, 0) is 30.4 Å². The fraction of sp³-hybridized carbons (Fsp3) is 0.364. The van der Waals surface area contributed by atoms with Gasteiger partial charge < -0.3 is 0 Å². The van der Waals surface area contributed by atoms with Crippen molar-refractivity contribution in [2.45, 2.75) is 23.1 Å². The summed E-state index contributed by atoms with van der Waals surface area (Å²) >= 11 is 13.4. The molecular formula is C11H12Cl2OS. The smallest absolute Gasteiger partial charge is 0.152 e. The molecule has 0 heterocycles. The third-order valence-corrected chi connectivity index (χ3v) is 3.74. The molecule has 0 aliphatic carbocycles. The van der Waals surface area contributed by atoms with Gasteiger partial charge in [-0.15, -0.1) is 35.0 Å². The highest BCUT2D eigenvalue weighted by molar-refractivity contribution is 7.98. The van der Waals surface area contributed by atoms with Crippen LogP contribution in [-0.2, 0) is 10.7 Å². The zero-order valence-electron chi connectivity index (χ0n) is 8.59. The van der Waals surface area contributed by atoms with Gasteiger partial charge in [-0.25, -0.2) is 0 Å². The second-order valence-electron chi connectivity index (χ2n) is 3.18. The second-order valence-corrected chi connectivity index (χ2v) is 4.73. The first-order valence-electron chi connectivity index (χ1n) is 4.47. The summed E-state index contributed by atoms with van der Waals surface area (Å²) in [4.78, 5) is 12.3. The number of halogens is 2. The molecule has 82 valence electrons. The summed E-state index contributed by atoms with van der Waals surface area (Å²) in [6.45, 7) is 1.50. The van der Waals surface area contributed by atoms with Crippen molar-refractivity contribution < 1.29 is 4.79 Å². The summed E-state index contributed by atoms with van der Waals surface area (Å²) in [7, 11) is 0. The summed E-state index contributed by atoms with van der Waals surface area (Å²) in [6, 6.07) is 5.81. The number of carbonyl (C=O) groups is 1. The highest BCUT2D eigenvalue weighted by Crippen LogP contribution is 2.31. The van der Waals surface area contributed by atoms with E-state index >= 15 is 0 Å². The Morgan fingerprint density at radius 2 is 2.20 bits per heavy atom. The van der Waals surface area contributed by atoms with Gasteiger partial charge in [0.05, 0.1) is 0 Å². The molecule has 0 amide bonds. The molecule has 1 aromatic rings. The Morgan fingerprint density at radius 3 is 2.67 bits per heavy atom. The molecule has 1 aromatic carbocycles. The number of ketones is 1. The molecule has 0 saturated heterocycles. The van der Waals surface area contributed by atoms with Gasteiger partial charge in [-0.3, -0.25) is 4.79 Å². The highest BCUT2D eigenvalue weighted by Gasteiger charge is 2.17. The zero-order valence-corrected chi connectivity index (χ0v) is 10.9. The lowest BCUT2D eigenvalue weighted by atomic mass is 10.1. The highest BCUT2D eigenvalue weighted by atomic mass is 35.5. The molecule has 0 radical (unpaired) electrons. The molecule has 0 N–H and O–H groups in total. The van der Waals surface area contributed by atoms with Crippen LogP contribution in [0.5, 0.6) is 0 Å². The molecule has 0 aliphatic rings. The Kier molecular flexibility index (Phi) is 4.97. The van der Waals surface area contributed by atoms with E-state index in [0.29, 0.717) is 5.88 Å². The van der Waals surface area contributed by atoms with Crippen molar-refractivity contribution in [1.82, 2.24) is 0 Å². The van der Waals surface area contributed by atoms with Crippen LogP contribution in [0.1, 0.15) is 23.4 Å². The summed E-state index contributed by atoms with van der Waals surface area (Å²) in [5, 5.41) is -0.574. The normalized spacial score (nSPS) is 12.5. The lowest BCUT2D eigenvalue weighted by Gasteiger charge is -2.12. The van der Waals surface area contributed by atoms with Crippen molar-refractivity contribution >= 4 is 40.7 Å². The molecule has 0 saturated carbocycles. The topological polar surface area (TPSA) is 17.1 Å². The van der Waals surface area contributed by atoms with Gasteiger partial charge in [0.2, 0.25) is 0 Å². The maximum Gasteiger partial charge on any atom is 0.152 e. The number of Topliss-reactive ketones (excluding diaryl/α,β-unsaturated/α-hetero) is 1. The second kappa shape index (κ2) is 5.78. The maximum atomic E-state index is 11.2. The standard InChI is InChI=1S/C11H12Cl2OS/c1-7(14)11(13)9-5-8(6-12)3-4-10(9)15-2/h3-5,11H,6H2,1-2H3. The fourth-order valence-corrected chi connectivity index (χ4v) is 2.31. The molecule has 4 heteroatoms. The molecular weight excluding hydrogens is 251 g/mol. The van der Waals surface area contributed by atoms with Crippen molar-refractivity contribution in [1.29, 1.82) is 0 Å². The minimum Gasteiger partial charge on any atom is -0.298 e. The summed E-state index contributed by atoms with van der Waals surface area (Å²) in [5.74, 6) is 0.391. The number of benzene rings is 1. The SMILES string of the molecule is CSc1ccc(CCl)cc1C(Cl)C(C)=O. The summed E-state index contributed by atoms with van der Waals surface area (Å²) in [6.07, 6.45) is 1.96. The quantitative estimate of drug-likeness (QED) is 0.603. The van der Waals surface area contributed by atoms with E-state index in [2.05, 4.69) is 0 Å². The molecule has 0 fully saturated rings. The average Bonchev–Trinajstić information content (AvgIpc) is 2.27. The van der Waals surface area contributed by atoms with E-state index < -0.39 is 5.38 Å². The van der Waals surface area contributed by atoms with Crippen molar-refractivity contribution in [3.8, 4) is 0 Å². The van der Waals surface area contributed by atoms with Crippen molar-refractivity contribution in [2.24, 2.45) is 0 Å². The predicted molar refractivity (Wildman–Crippen MR) is 67.1 cm³/mol. The van der Waals surface area contributed by atoms with E-state index in [-0.39, 0.29) is 5.78 Å². The van der Waals surface area contributed by atoms with E-state index in [4.69, 9.17) is 23.2 Å². The van der Waals surface area contributed by atoms with Gasteiger partial charge in [0, 0.05) is 10.8 Å². The molecule has 15 heavy (non-hydrogen) atoms. The first-order valence-corrected chi connectivity index (χ1v) is 6.67. The van der Waals surface area contributed by atoms with Crippen LogP contribution in [0.15, 0.2) is 23.1 Å². The minimum atomic E-state index is -0.574. The van der Waals surface area contributed by atoms with Gasteiger partial charge >= 0.3 is 0 Å². The number of hydrogen-bond acceptors (Lipinski definition) is 2. The van der Waals surface area contributed by atoms with Crippen LogP contribution < -0.4 is 0 Å². The van der Waals surface area contributed by atoms with Crippen LogP contribution in [0.4, 0.5) is 0 Å².